The fraction of sp³-hybridized carbons (Fsp3) is 0.611. The van der Waals surface area contributed by atoms with Crippen LogP contribution < -0.4 is 15.4 Å². The van der Waals surface area contributed by atoms with Crippen molar-refractivity contribution in [1.82, 2.24) is 10.6 Å². The highest BCUT2D eigenvalue weighted by Gasteiger charge is 2.46. The number of ether oxygens (including phenoxy) is 1. The van der Waals surface area contributed by atoms with Crippen molar-refractivity contribution in [2.75, 3.05) is 33.0 Å². The molecule has 0 radical (unpaired) electrons. The van der Waals surface area contributed by atoms with Crippen molar-refractivity contribution in [2.24, 2.45) is 4.99 Å². The molecule has 1 heterocycles. The predicted octanol–water partition coefficient (Wildman–Crippen LogP) is 2.79. The van der Waals surface area contributed by atoms with Crippen molar-refractivity contribution in [3.05, 3.63) is 29.8 Å². The van der Waals surface area contributed by atoms with Gasteiger partial charge in [-0.05, 0) is 37.5 Å². The summed E-state index contributed by atoms with van der Waals surface area (Å²) in [5, 5.41) is 7.73. The van der Waals surface area contributed by atoms with Gasteiger partial charge in [0.15, 0.2) is 5.96 Å². The first-order chi connectivity index (χ1) is 11.3. The second kappa shape index (κ2) is 7.47. The van der Waals surface area contributed by atoms with E-state index >= 15 is 0 Å². The topological polar surface area (TPSA) is 45.7 Å². The number of benzene rings is 1. The fourth-order valence-electron chi connectivity index (χ4n) is 3.26. The van der Waals surface area contributed by atoms with Crippen molar-refractivity contribution >= 4 is 17.7 Å². The Hall–Kier alpha value is -1.36. The van der Waals surface area contributed by atoms with Crippen LogP contribution in [-0.4, -0.2) is 44.2 Å². The molecule has 0 aromatic heterocycles. The minimum Gasteiger partial charge on any atom is -0.496 e. The van der Waals surface area contributed by atoms with E-state index in [-0.39, 0.29) is 5.41 Å². The smallest absolute Gasteiger partial charge is 0.191 e. The minimum absolute atomic E-state index is 0.201. The van der Waals surface area contributed by atoms with Crippen LogP contribution in [0.25, 0.3) is 0 Å². The van der Waals surface area contributed by atoms with Gasteiger partial charge in [-0.3, -0.25) is 4.99 Å². The van der Waals surface area contributed by atoms with Crippen LogP contribution in [0.3, 0.4) is 0 Å². The average molecular weight is 334 g/mol. The number of guanidine groups is 1. The third kappa shape index (κ3) is 3.94. The van der Waals surface area contributed by atoms with Crippen LogP contribution >= 0.6 is 11.8 Å². The molecule has 0 bridgehead atoms. The molecule has 2 N–H and O–H groups in total. The van der Waals surface area contributed by atoms with Gasteiger partial charge in [0.1, 0.15) is 5.75 Å². The number of nitrogens with one attached hydrogen (secondary N) is 2. The second-order valence-electron chi connectivity index (χ2n) is 6.42. The Kier molecular flexibility index (Phi) is 5.36. The Balaban J connectivity index is 1.55. The highest BCUT2D eigenvalue weighted by atomic mass is 32.2. The van der Waals surface area contributed by atoms with Gasteiger partial charge in [-0.25, -0.2) is 0 Å². The molecule has 1 aliphatic carbocycles. The van der Waals surface area contributed by atoms with Crippen LogP contribution in [0.4, 0.5) is 0 Å². The van der Waals surface area contributed by atoms with E-state index in [9.17, 15) is 0 Å². The summed E-state index contributed by atoms with van der Waals surface area (Å²) in [6, 6.07) is 8.38. The van der Waals surface area contributed by atoms with E-state index in [2.05, 4.69) is 45.6 Å². The van der Waals surface area contributed by atoms with Gasteiger partial charge in [0.25, 0.3) is 0 Å². The number of rotatable bonds is 6. The van der Waals surface area contributed by atoms with Crippen molar-refractivity contribution in [3.8, 4) is 5.75 Å². The lowest BCUT2D eigenvalue weighted by molar-refractivity contribution is 0.403. The first-order valence-electron chi connectivity index (χ1n) is 8.47. The van der Waals surface area contributed by atoms with Crippen LogP contribution in [0.1, 0.15) is 31.2 Å². The second-order valence-corrected chi connectivity index (χ2v) is 7.83. The van der Waals surface area contributed by atoms with E-state index in [0.717, 1.165) is 30.0 Å². The Morgan fingerprint density at radius 1 is 1.35 bits per heavy atom. The summed E-state index contributed by atoms with van der Waals surface area (Å²) >= 11 is 2.07. The lowest BCUT2D eigenvalue weighted by Gasteiger charge is -2.21. The highest BCUT2D eigenvalue weighted by molar-refractivity contribution is 8.00. The molecule has 2 aliphatic rings. The van der Waals surface area contributed by atoms with E-state index in [1.807, 2.05) is 13.1 Å². The number of nitrogens with zero attached hydrogens (tertiary/aromatic N) is 1. The van der Waals surface area contributed by atoms with Gasteiger partial charge in [-0.2, -0.15) is 11.8 Å². The molecule has 5 heteroatoms. The Morgan fingerprint density at radius 3 is 2.83 bits per heavy atom. The molecule has 1 aromatic rings. The van der Waals surface area contributed by atoms with Gasteiger partial charge in [-0.15, -0.1) is 0 Å². The third-order valence-electron chi connectivity index (χ3n) is 4.87. The molecule has 3 rings (SSSR count). The maximum Gasteiger partial charge on any atom is 0.191 e. The Morgan fingerprint density at radius 2 is 2.17 bits per heavy atom. The van der Waals surface area contributed by atoms with E-state index in [1.54, 1.807) is 7.11 Å². The van der Waals surface area contributed by atoms with Gasteiger partial charge in [0, 0.05) is 36.4 Å². The van der Waals surface area contributed by atoms with Gasteiger partial charge >= 0.3 is 0 Å². The number of hydrogen-bond acceptors (Lipinski definition) is 3. The highest BCUT2D eigenvalue weighted by Crippen LogP contribution is 2.50. The molecule has 1 saturated carbocycles. The largest absolute Gasteiger partial charge is 0.496 e. The van der Waals surface area contributed by atoms with Crippen LogP contribution in [0.5, 0.6) is 5.75 Å². The normalized spacial score (nSPS) is 22.7. The zero-order valence-corrected chi connectivity index (χ0v) is 14.9. The first-order valence-corrected chi connectivity index (χ1v) is 9.52. The molecule has 1 saturated heterocycles. The molecule has 0 amide bonds. The number of methoxy groups -OCH3 is 1. The molecule has 23 heavy (non-hydrogen) atoms. The molecule has 1 atom stereocenters. The lowest BCUT2D eigenvalue weighted by atomic mass is 9.95. The summed E-state index contributed by atoms with van der Waals surface area (Å²) in [5.74, 6) is 3.21. The van der Waals surface area contributed by atoms with E-state index < -0.39 is 0 Å². The summed E-state index contributed by atoms with van der Waals surface area (Å²) in [6.07, 6.45) is 5.07. The van der Waals surface area contributed by atoms with E-state index in [1.165, 1.54) is 37.0 Å². The number of hydrogen-bond donors (Lipinski definition) is 2. The molecular formula is C18H27N3OS. The molecule has 126 valence electrons. The summed E-state index contributed by atoms with van der Waals surface area (Å²) < 4.78 is 5.54. The minimum atomic E-state index is 0.201. The molecule has 0 spiro atoms. The zero-order chi connectivity index (χ0) is 16.1. The van der Waals surface area contributed by atoms with Crippen molar-refractivity contribution in [2.45, 2.75) is 36.3 Å². The van der Waals surface area contributed by atoms with Gasteiger partial charge in [0.2, 0.25) is 0 Å². The summed E-state index contributed by atoms with van der Waals surface area (Å²) in [7, 11) is 3.60. The molecule has 2 fully saturated rings. The average Bonchev–Trinajstić information content (AvgIpc) is 3.20. The Labute approximate surface area is 143 Å². The summed E-state index contributed by atoms with van der Waals surface area (Å²) in [5.41, 5.74) is 1.52. The lowest BCUT2D eigenvalue weighted by Crippen LogP contribution is -2.43. The van der Waals surface area contributed by atoms with Crippen LogP contribution in [0.15, 0.2) is 29.3 Å². The van der Waals surface area contributed by atoms with Crippen LogP contribution in [-0.2, 0) is 5.41 Å². The fourth-order valence-corrected chi connectivity index (χ4v) is 4.47. The third-order valence-corrected chi connectivity index (χ3v) is 6.27. The van der Waals surface area contributed by atoms with Crippen LogP contribution in [0, 0.1) is 0 Å². The number of aliphatic imine (C=N–C) groups is 1. The Bertz CT molecular complexity index is 551. The summed E-state index contributed by atoms with van der Waals surface area (Å²) in [6.45, 7) is 1.91. The molecule has 1 aromatic carbocycles. The van der Waals surface area contributed by atoms with Crippen molar-refractivity contribution < 1.29 is 4.74 Å². The quantitative estimate of drug-likeness (QED) is 0.621. The monoisotopic (exact) mass is 333 g/mol. The van der Waals surface area contributed by atoms with Crippen molar-refractivity contribution in [1.29, 1.82) is 0 Å². The van der Waals surface area contributed by atoms with Gasteiger partial charge in [0.05, 0.1) is 7.11 Å². The van der Waals surface area contributed by atoms with Gasteiger partial charge in [-0.1, -0.05) is 18.2 Å². The predicted molar refractivity (Wildman–Crippen MR) is 98.8 cm³/mol. The first kappa shape index (κ1) is 16.5. The number of para-hydroxylation sites is 1. The van der Waals surface area contributed by atoms with Crippen LogP contribution in [0.2, 0.25) is 0 Å². The molecule has 1 aliphatic heterocycles. The molecule has 1 unspecified atom stereocenters. The summed E-state index contributed by atoms with van der Waals surface area (Å²) in [4.78, 5) is 4.37. The standard InChI is InChI=1S/C18H27N3OS/c1-19-17(20-12-14-6-5-11-23-14)21-13-18(9-10-18)15-7-3-4-8-16(15)22-2/h3-4,7-8,14H,5-6,9-13H2,1-2H3,(H2,19,20,21). The van der Waals surface area contributed by atoms with E-state index in [4.69, 9.17) is 4.74 Å². The maximum atomic E-state index is 5.54. The molecular weight excluding hydrogens is 306 g/mol. The SMILES string of the molecule is CN=C(NCC1CCCS1)NCC1(c2ccccc2OC)CC1. The molecule has 4 nitrogen and oxygen atoms in total. The van der Waals surface area contributed by atoms with Crippen molar-refractivity contribution in [3.63, 3.8) is 0 Å². The van der Waals surface area contributed by atoms with E-state index in [0.29, 0.717) is 0 Å². The van der Waals surface area contributed by atoms with Gasteiger partial charge < -0.3 is 15.4 Å². The number of thioether (sulfide) groups is 1. The maximum absolute atomic E-state index is 5.54. The zero-order valence-electron chi connectivity index (χ0n) is 14.1.